The van der Waals surface area contributed by atoms with Gasteiger partial charge in [-0.2, -0.15) is 20.0 Å². The summed E-state index contributed by atoms with van der Waals surface area (Å²) in [5.41, 5.74) is 10.9. The van der Waals surface area contributed by atoms with Crippen LogP contribution in [0.15, 0.2) is 41.5 Å². The number of carbonyl (C=O) groups excluding carboxylic acids is 2. The summed E-state index contributed by atoms with van der Waals surface area (Å²) in [5, 5.41) is 13.9. The van der Waals surface area contributed by atoms with Crippen molar-refractivity contribution < 1.29 is 9.59 Å². The van der Waals surface area contributed by atoms with Crippen LogP contribution in [0.5, 0.6) is 0 Å². The third-order valence-electron chi connectivity index (χ3n) is 4.29. The molecule has 1 aromatic carbocycles. The highest BCUT2D eigenvalue weighted by Crippen LogP contribution is 2.20. The maximum absolute atomic E-state index is 12.5. The molecule has 2 amide bonds. The molecule has 2 aromatic heterocycles. The van der Waals surface area contributed by atoms with Crippen molar-refractivity contribution in [2.75, 3.05) is 10.6 Å². The summed E-state index contributed by atoms with van der Waals surface area (Å²) in [5.74, 6) is -1.48. The monoisotopic (exact) mass is 425 g/mol. The standard InChI is InChI=1S/C19H23N9O3/c1-10(2)8-13(15(20)29)25-19-26-17(14(16(21)30)18(31)27-19)24-11-4-3-5-12(9-11)28-22-6-7-23-28/h3-7,9-10,13H,8H2,1-2H3,(H2,20,29)(H2,21,30)(H3,24,25,26,27,31)/t13-/m1/s1. The van der Waals surface area contributed by atoms with E-state index in [1.807, 2.05) is 13.8 Å². The van der Waals surface area contributed by atoms with E-state index in [0.29, 0.717) is 17.8 Å². The minimum absolute atomic E-state index is 0.0214. The molecule has 12 nitrogen and oxygen atoms in total. The quantitative estimate of drug-likeness (QED) is 0.328. The lowest BCUT2D eigenvalue weighted by Crippen LogP contribution is -2.38. The fourth-order valence-electron chi connectivity index (χ4n) is 2.94. The Balaban J connectivity index is 1.97. The minimum Gasteiger partial charge on any atom is -0.368 e. The van der Waals surface area contributed by atoms with Gasteiger partial charge in [0.1, 0.15) is 11.6 Å². The van der Waals surface area contributed by atoms with Crippen LogP contribution in [0.3, 0.4) is 0 Å². The second-order valence-corrected chi connectivity index (χ2v) is 7.23. The summed E-state index contributed by atoms with van der Waals surface area (Å²) in [6, 6.07) is 6.17. The van der Waals surface area contributed by atoms with Crippen molar-refractivity contribution in [1.29, 1.82) is 0 Å². The predicted molar refractivity (Wildman–Crippen MR) is 114 cm³/mol. The Morgan fingerprint density at radius 3 is 2.52 bits per heavy atom. The Bertz CT molecular complexity index is 1140. The summed E-state index contributed by atoms with van der Waals surface area (Å²) in [6.45, 7) is 3.86. The number of hydrogen-bond donors (Lipinski definition) is 5. The molecular weight excluding hydrogens is 402 g/mol. The molecule has 0 saturated heterocycles. The van der Waals surface area contributed by atoms with E-state index in [4.69, 9.17) is 11.5 Å². The van der Waals surface area contributed by atoms with Gasteiger partial charge in [0.2, 0.25) is 11.9 Å². The smallest absolute Gasteiger partial charge is 0.267 e. The van der Waals surface area contributed by atoms with Gasteiger partial charge in [0.05, 0.1) is 18.1 Å². The lowest BCUT2D eigenvalue weighted by molar-refractivity contribution is -0.119. The van der Waals surface area contributed by atoms with Crippen molar-refractivity contribution in [3.63, 3.8) is 0 Å². The molecule has 0 aliphatic carbocycles. The van der Waals surface area contributed by atoms with Crippen LogP contribution < -0.4 is 27.7 Å². The first-order chi connectivity index (χ1) is 14.7. The van der Waals surface area contributed by atoms with E-state index in [1.165, 1.54) is 17.2 Å². The van der Waals surface area contributed by atoms with Crippen molar-refractivity contribution in [3.05, 3.63) is 52.6 Å². The number of benzene rings is 1. The second kappa shape index (κ2) is 9.07. The number of amides is 2. The summed E-state index contributed by atoms with van der Waals surface area (Å²) in [6.07, 6.45) is 3.50. The molecule has 162 valence electrons. The third kappa shape index (κ3) is 5.23. The zero-order valence-corrected chi connectivity index (χ0v) is 17.0. The average Bonchev–Trinajstić information content (AvgIpc) is 3.21. The molecule has 7 N–H and O–H groups in total. The van der Waals surface area contributed by atoms with Gasteiger partial charge in [-0.05, 0) is 30.5 Å². The Labute approximate surface area is 177 Å². The van der Waals surface area contributed by atoms with Gasteiger partial charge in [-0.3, -0.25) is 19.4 Å². The van der Waals surface area contributed by atoms with Gasteiger partial charge in [0, 0.05) is 5.69 Å². The van der Waals surface area contributed by atoms with Crippen LogP contribution in [0.1, 0.15) is 30.6 Å². The van der Waals surface area contributed by atoms with Gasteiger partial charge in [-0.1, -0.05) is 19.9 Å². The normalized spacial score (nSPS) is 11.8. The molecule has 0 saturated carbocycles. The summed E-state index contributed by atoms with van der Waals surface area (Å²) >= 11 is 0. The molecule has 0 unspecified atom stereocenters. The number of H-pyrrole nitrogens is 1. The Morgan fingerprint density at radius 1 is 1.19 bits per heavy atom. The van der Waals surface area contributed by atoms with Crippen molar-refractivity contribution in [1.82, 2.24) is 25.0 Å². The van der Waals surface area contributed by atoms with E-state index < -0.39 is 23.4 Å². The molecule has 0 radical (unpaired) electrons. The highest BCUT2D eigenvalue weighted by Gasteiger charge is 2.21. The molecule has 0 aliphatic heterocycles. The SMILES string of the molecule is CC(C)C[C@@H](Nc1nc(Nc2cccc(-n3nccn3)c2)c(C(N)=O)c(=O)[nH]1)C(N)=O. The molecule has 1 atom stereocenters. The maximum Gasteiger partial charge on any atom is 0.267 e. The molecular formula is C19H23N9O3. The third-order valence-corrected chi connectivity index (χ3v) is 4.29. The van der Waals surface area contributed by atoms with Crippen LogP contribution in [0.2, 0.25) is 0 Å². The molecule has 0 spiro atoms. The van der Waals surface area contributed by atoms with Gasteiger partial charge < -0.3 is 22.1 Å². The zero-order chi connectivity index (χ0) is 22.5. The molecule has 3 rings (SSSR count). The average molecular weight is 425 g/mol. The largest absolute Gasteiger partial charge is 0.368 e. The highest BCUT2D eigenvalue weighted by molar-refractivity contribution is 5.98. The van der Waals surface area contributed by atoms with Crippen molar-refractivity contribution in [3.8, 4) is 5.69 Å². The molecule has 31 heavy (non-hydrogen) atoms. The fraction of sp³-hybridized carbons (Fsp3) is 0.263. The molecule has 3 aromatic rings. The Hall–Kier alpha value is -4.22. The zero-order valence-electron chi connectivity index (χ0n) is 17.0. The lowest BCUT2D eigenvalue weighted by Gasteiger charge is -2.18. The number of aromatic amines is 1. The molecule has 2 heterocycles. The number of nitrogens with zero attached hydrogens (tertiary/aromatic N) is 4. The molecule has 12 heteroatoms. The number of carbonyl (C=O) groups is 2. The molecule has 0 aliphatic rings. The number of rotatable bonds is 9. The molecule has 0 fully saturated rings. The Kier molecular flexibility index (Phi) is 6.29. The lowest BCUT2D eigenvalue weighted by atomic mass is 10.0. The van der Waals surface area contributed by atoms with E-state index >= 15 is 0 Å². The highest BCUT2D eigenvalue weighted by atomic mass is 16.2. The first kappa shape index (κ1) is 21.5. The fourth-order valence-corrected chi connectivity index (χ4v) is 2.94. The van der Waals surface area contributed by atoms with Crippen LogP contribution in [0, 0.1) is 5.92 Å². The van der Waals surface area contributed by atoms with E-state index in [0.717, 1.165) is 0 Å². The van der Waals surface area contributed by atoms with Gasteiger partial charge in [-0.15, -0.1) is 0 Å². The van der Waals surface area contributed by atoms with E-state index in [-0.39, 0.29) is 23.2 Å². The van der Waals surface area contributed by atoms with Gasteiger partial charge in [0.15, 0.2) is 5.82 Å². The minimum atomic E-state index is -0.957. The summed E-state index contributed by atoms with van der Waals surface area (Å²) in [4.78, 5) is 44.2. The first-order valence-electron chi connectivity index (χ1n) is 9.48. The number of hydrogen-bond acceptors (Lipinski definition) is 8. The number of nitrogens with one attached hydrogen (secondary N) is 3. The maximum atomic E-state index is 12.5. The van der Waals surface area contributed by atoms with Gasteiger partial charge in [0.25, 0.3) is 11.5 Å². The van der Waals surface area contributed by atoms with Gasteiger partial charge >= 0.3 is 0 Å². The molecule has 0 bridgehead atoms. The first-order valence-corrected chi connectivity index (χ1v) is 9.48. The van der Waals surface area contributed by atoms with Crippen LogP contribution in [-0.4, -0.2) is 42.8 Å². The Morgan fingerprint density at radius 2 is 1.90 bits per heavy atom. The van der Waals surface area contributed by atoms with E-state index in [2.05, 4.69) is 30.8 Å². The summed E-state index contributed by atoms with van der Waals surface area (Å²) in [7, 11) is 0. The van der Waals surface area contributed by atoms with Crippen LogP contribution in [-0.2, 0) is 4.79 Å². The van der Waals surface area contributed by atoms with Crippen molar-refractivity contribution in [2.24, 2.45) is 17.4 Å². The predicted octanol–water partition coefficient (Wildman–Crippen LogP) is 0.505. The van der Waals surface area contributed by atoms with Crippen LogP contribution in [0.25, 0.3) is 5.69 Å². The van der Waals surface area contributed by atoms with E-state index in [9.17, 15) is 14.4 Å². The number of aromatic nitrogens is 5. The second-order valence-electron chi connectivity index (χ2n) is 7.23. The van der Waals surface area contributed by atoms with Gasteiger partial charge in [-0.25, -0.2) is 0 Å². The summed E-state index contributed by atoms with van der Waals surface area (Å²) < 4.78 is 0. The van der Waals surface area contributed by atoms with Crippen molar-refractivity contribution >= 4 is 29.3 Å². The van der Waals surface area contributed by atoms with Crippen molar-refractivity contribution in [2.45, 2.75) is 26.3 Å². The number of primary amides is 2. The number of anilines is 3. The van der Waals surface area contributed by atoms with Crippen LogP contribution in [0.4, 0.5) is 17.5 Å². The van der Waals surface area contributed by atoms with E-state index in [1.54, 1.807) is 24.3 Å². The number of nitrogens with two attached hydrogens (primary N) is 2. The van der Waals surface area contributed by atoms with Crippen LogP contribution >= 0.6 is 0 Å². The topological polar surface area (TPSA) is 187 Å².